The van der Waals surface area contributed by atoms with E-state index in [2.05, 4.69) is 0 Å². The van der Waals surface area contributed by atoms with Crippen molar-refractivity contribution in [1.29, 1.82) is 5.26 Å². The van der Waals surface area contributed by atoms with Crippen molar-refractivity contribution in [3.8, 4) is 6.07 Å². The number of carbonyl (C=O) groups is 1. The van der Waals surface area contributed by atoms with Crippen LogP contribution < -0.4 is 0 Å². The molecule has 3 nitrogen and oxygen atoms in total. The quantitative estimate of drug-likeness (QED) is 0.595. The first kappa shape index (κ1) is 14.2. The number of rotatable bonds is 5. The molecule has 1 rings (SSSR count). The molecule has 0 heterocycles. The van der Waals surface area contributed by atoms with E-state index in [1.54, 1.807) is 13.0 Å². The van der Waals surface area contributed by atoms with Crippen molar-refractivity contribution in [3.63, 3.8) is 0 Å². The first-order chi connectivity index (χ1) is 8.60. The second-order valence-corrected chi connectivity index (χ2v) is 4.09. The molecule has 0 bridgehead atoms. The number of unbranched alkanes of at least 4 members (excludes halogenated alkanes) is 1. The van der Waals surface area contributed by atoms with Gasteiger partial charge in [0, 0.05) is 0 Å². The molecule has 0 aromatic heterocycles. The predicted octanol–water partition coefficient (Wildman–Crippen LogP) is 3.14. The zero-order valence-electron chi connectivity index (χ0n) is 10.6. The highest BCUT2D eigenvalue weighted by Crippen LogP contribution is 2.19. The molecule has 0 saturated carbocycles. The predicted molar refractivity (Wildman–Crippen MR) is 65.4 cm³/mol. The third kappa shape index (κ3) is 3.56. The number of hydrogen-bond donors (Lipinski definition) is 0. The van der Waals surface area contributed by atoms with Crippen LogP contribution in [0.15, 0.2) is 18.2 Å². The summed E-state index contributed by atoms with van der Waals surface area (Å²) >= 11 is 0. The van der Waals surface area contributed by atoms with Gasteiger partial charge in [0.2, 0.25) is 0 Å². The minimum atomic E-state index is -0.576. The molecule has 18 heavy (non-hydrogen) atoms. The second kappa shape index (κ2) is 6.75. The maximum Gasteiger partial charge on any atom is 0.313 e. The van der Waals surface area contributed by atoms with Crippen LogP contribution in [0.4, 0.5) is 4.39 Å². The van der Waals surface area contributed by atoms with Gasteiger partial charge in [-0.15, -0.1) is 0 Å². The fourth-order valence-corrected chi connectivity index (χ4v) is 1.48. The van der Waals surface area contributed by atoms with Crippen LogP contribution in [-0.4, -0.2) is 12.6 Å². The molecule has 0 aliphatic carbocycles. The fourth-order valence-electron chi connectivity index (χ4n) is 1.48. The number of nitriles is 1. The van der Waals surface area contributed by atoms with Crippen LogP contribution in [-0.2, 0) is 9.53 Å². The van der Waals surface area contributed by atoms with E-state index in [9.17, 15) is 9.18 Å². The maximum absolute atomic E-state index is 13.1. The summed E-state index contributed by atoms with van der Waals surface area (Å²) in [5.74, 6) is -1.42. The zero-order chi connectivity index (χ0) is 13.5. The van der Waals surface area contributed by atoms with Gasteiger partial charge < -0.3 is 4.74 Å². The lowest BCUT2D eigenvalue weighted by molar-refractivity contribution is -0.145. The van der Waals surface area contributed by atoms with Crippen molar-refractivity contribution in [2.75, 3.05) is 6.61 Å². The van der Waals surface area contributed by atoms with Gasteiger partial charge in [0.05, 0.1) is 18.1 Å². The Balaban J connectivity index is 2.75. The zero-order valence-corrected chi connectivity index (χ0v) is 10.6. The lowest BCUT2D eigenvalue weighted by Crippen LogP contribution is -2.14. The molecule has 0 fully saturated rings. The monoisotopic (exact) mass is 249 g/mol. The Kier molecular flexibility index (Phi) is 5.31. The Hall–Kier alpha value is -1.89. The standard InChI is InChI=1S/C14H16FNO2/c1-3-4-7-18-14(17)10(2)11-5-6-13(15)12(8-11)9-16/h5-6,8,10H,3-4,7H2,1-2H3. The largest absolute Gasteiger partial charge is 0.465 e. The Morgan fingerprint density at radius 2 is 2.28 bits per heavy atom. The molecule has 0 saturated heterocycles. The van der Waals surface area contributed by atoms with Gasteiger partial charge in [0.1, 0.15) is 11.9 Å². The average molecular weight is 249 g/mol. The first-order valence-corrected chi connectivity index (χ1v) is 5.96. The van der Waals surface area contributed by atoms with Crippen molar-refractivity contribution in [2.24, 2.45) is 0 Å². The summed E-state index contributed by atoms with van der Waals surface area (Å²) in [5.41, 5.74) is 0.537. The molecule has 1 unspecified atom stereocenters. The Bertz CT molecular complexity index is 465. The van der Waals surface area contributed by atoms with Gasteiger partial charge in [0.25, 0.3) is 0 Å². The molecule has 0 aliphatic rings. The van der Waals surface area contributed by atoms with Gasteiger partial charge in [-0.2, -0.15) is 5.26 Å². The Morgan fingerprint density at radius 1 is 1.56 bits per heavy atom. The lowest BCUT2D eigenvalue weighted by atomic mass is 9.99. The van der Waals surface area contributed by atoms with E-state index in [0.29, 0.717) is 12.2 Å². The highest BCUT2D eigenvalue weighted by Gasteiger charge is 2.18. The van der Waals surface area contributed by atoms with Crippen molar-refractivity contribution in [3.05, 3.63) is 35.1 Å². The summed E-state index contributed by atoms with van der Waals surface area (Å²) in [5, 5.41) is 8.73. The normalized spacial score (nSPS) is 11.7. The Labute approximate surface area is 106 Å². The van der Waals surface area contributed by atoms with Crippen LogP contribution in [0, 0.1) is 17.1 Å². The van der Waals surface area contributed by atoms with E-state index in [4.69, 9.17) is 10.00 Å². The van der Waals surface area contributed by atoms with Crippen molar-refractivity contribution in [2.45, 2.75) is 32.6 Å². The lowest BCUT2D eigenvalue weighted by Gasteiger charge is -2.12. The molecular weight excluding hydrogens is 233 g/mol. The molecule has 0 radical (unpaired) electrons. The minimum Gasteiger partial charge on any atom is -0.465 e. The third-order valence-electron chi connectivity index (χ3n) is 2.71. The van der Waals surface area contributed by atoms with Gasteiger partial charge in [-0.3, -0.25) is 4.79 Å². The smallest absolute Gasteiger partial charge is 0.313 e. The van der Waals surface area contributed by atoms with E-state index in [0.717, 1.165) is 12.8 Å². The molecule has 0 amide bonds. The first-order valence-electron chi connectivity index (χ1n) is 5.96. The van der Waals surface area contributed by atoms with Crippen LogP contribution in [0.5, 0.6) is 0 Å². The number of benzene rings is 1. The van der Waals surface area contributed by atoms with Gasteiger partial charge in [-0.05, 0) is 31.0 Å². The SMILES string of the molecule is CCCCOC(=O)C(C)c1ccc(F)c(C#N)c1. The number of esters is 1. The second-order valence-electron chi connectivity index (χ2n) is 4.09. The Morgan fingerprint density at radius 3 is 2.89 bits per heavy atom. The number of ether oxygens (including phenoxy) is 1. The third-order valence-corrected chi connectivity index (χ3v) is 2.71. The molecule has 0 N–H and O–H groups in total. The molecule has 1 aromatic rings. The van der Waals surface area contributed by atoms with Crippen molar-refractivity contribution < 1.29 is 13.9 Å². The number of halogens is 1. The number of hydrogen-bond acceptors (Lipinski definition) is 3. The minimum absolute atomic E-state index is 0.0549. The van der Waals surface area contributed by atoms with Crippen LogP contribution in [0.1, 0.15) is 43.7 Å². The van der Waals surface area contributed by atoms with E-state index < -0.39 is 11.7 Å². The highest BCUT2D eigenvalue weighted by atomic mass is 19.1. The highest BCUT2D eigenvalue weighted by molar-refractivity contribution is 5.77. The summed E-state index contributed by atoms with van der Waals surface area (Å²) < 4.78 is 18.2. The molecule has 1 atom stereocenters. The summed E-state index contributed by atoms with van der Waals surface area (Å²) in [7, 11) is 0. The van der Waals surface area contributed by atoms with Gasteiger partial charge >= 0.3 is 5.97 Å². The van der Waals surface area contributed by atoms with E-state index in [1.807, 2.05) is 6.92 Å². The van der Waals surface area contributed by atoms with E-state index in [1.165, 1.54) is 18.2 Å². The number of nitrogens with zero attached hydrogens (tertiary/aromatic N) is 1. The molecule has 0 spiro atoms. The van der Waals surface area contributed by atoms with Crippen molar-refractivity contribution in [1.82, 2.24) is 0 Å². The molecular formula is C14H16FNO2. The summed E-state index contributed by atoms with van der Waals surface area (Å²) in [6.45, 7) is 4.09. The van der Waals surface area contributed by atoms with Crippen LogP contribution in [0.3, 0.4) is 0 Å². The fraction of sp³-hybridized carbons (Fsp3) is 0.429. The average Bonchev–Trinajstić information content (AvgIpc) is 2.38. The molecule has 1 aromatic carbocycles. The van der Waals surface area contributed by atoms with E-state index >= 15 is 0 Å². The molecule has 0 aliphatic heterocycles. The summed E-state index contributed by atoms with van der Waals surface area (Å²) in [4.78, 5) is 11.7. The molecule has 4 heteroatoms. The van der Waals surface area contributed by atoms with Gasteiger partial charge in [-0.1, -0.05) is 19.4 Å². The summed E-state index contributed by atoms with van der Waals surface area (Å²) in [6.07, 6.45) is 1.78. The topological polar surface area (TPSA) is 50.1 Å². The van der Waals surface area contributed by atoms with Crippen molar-refractivity contribution >= 4 is 5.97 Å². The van der Waals surface area contributed by atoms with Crippen LogP contribution >= 0.6 is 0 Å². The van der Waals surface area contributed by atoms with Gasteiger partial charge in [-0.25, -0.2) is 4.39 Å². The van der Waals surface area contributed by atoms with Crippen LogP contribution in [0.2, 0.25) is 0 Å². The number of carbonyl (C=O) groups excluding carboxylic acids is 1. The van der Waals surface area contributed by atoms with Gasteiger partial charge in [0.15, 0.2) is 0 Å². The molecule has 96 valence electrons. The van der Waals surface area contributed by atoms with E-state index in [-0.39, 0.29) is 11.5 Å². The van der Waals surface area contributed by atoms with Crippen LogP contribution in [0.25, 0.3) is 0 Å². The summed E-state index contributed by atoms with van der Waals surface area (Å²) in [6, 6.07) is 5.84. The maximum atomic E-state index is 13.1.